The number of methoxy groups -OCH3 is 2. The van der Waals surface area contributed by atoms with Crippen molar-refractivity contribution >= 4 is 23.6 Å². The van der Waals surface area contributed by atoms with Crippen LogP contribution in [-0.4, -0.2) is 48.6 Å². The Hall–Kier alpha value is -3.39. The van der Waals surface area contributed by atoms with E-state index in [1.165, 1.54) is 0 Å². The number of furan rings is 1. The van der Waals surface area contributed by atoms with E-state index in [4.69, 9.17) is 13.9 Å². The number of carbonyl (C=O) groups excluding carboxylic acids is 2. The number of benzene rings is 2. The lowest BCUT2D eigenvalue weighted by molar-refractivity contribution is -0.128. The van der Waals surface area contributed by atoms with E-state index in [1.54, 1.807) is 44.2 Å². The molecule has 0 unspecified atom stereocenters. The molecule has 2 heterocycles. The van der Waals surface area contributed by atoms with Gasteiger partial charge in [-0.15, -0.1) is 11.8 Å². The number of nitrogens with zero attached hydrogens (tertiary/aromatic N) is 2. The van der Waals surface area contributed by atoms with Crippen LogP contribution in [0.1, 0.15) is 32.6 Å². The Morgan fingerprint density at radius 1 is 1.12 bits per heavy atom. The van der Waals surface area contributed by atoms with Crippen LogP contribution in [0.2, 0.25) is 0 Å². The molecule has 0 radical (unpaired) electrons. The number of rotatable bonds is 8. The molecule has 3 aromatic rings. The molecule has 1 atom stereocenters. The average molecular weight is 467 g/mol. The number of thioether (sulfide) groups is 1. The third-order valence-corrected chi connectivity index (χ3v) is 6.79. The maximum atomic E-state index is 13.0. The molecule has 7 nitrogen and oxygen atoms in total. The first-order chi connectivity index (χ1) is 16.0. The molecule has 4 rings (SSSR count). The van der Waals surface area contributed by atoms with Crippen molar-refractivity contribution < 1.29 is 23.5 Å². The van der Waals surface area contributed by atoms with Crippen molar-refractivity contribution in [3.05, 3.63) is 83.3 Å². The summed E-state index contributed by atoms with van der Waals surface area (Å²) in [5.41, 5.74) is 2.51. The van der Waals surface area contributed by atoms with Crippen LogP contribution in [0.4, 0.5) is 0 Å². The van der Waals surface area contributed by atoms with Gasteiger partial charge in [-0.1, -0.05) is 18.2 Å². The highest BCUT2D eigenvalue weighted by molar-refractivity contribution is 8.00. The summed E-state index contributed by atoms with van der Waals surface area (Å²) in [6.07, 6.45) is 1.61. The van der Waals surface area contributed by atoms with E-state index >= 15 is 0 Å². The van der Waals surface area contributed by atoms with Crippen molar-refractivity contribution in [2.75, 3.05) is 27.0 Å². The molecule has 0 saturated carbocycles. The molecule has 33 heavy (non-hydrogen) atoms. The zero-order valence-corrected chi connectivity index (χ0v) is 19.6. The summed E-state index contributed by atoms with van der Waals surface area (Å²) >= 11 is 1.58. The fourth-order valence-corrected chi connectivity index (χ4v) is 4.99. The standard InChI is InChI=1S/C25H26N2O5S/c1-26(14-17-6-11-21(30-2)22(13-17)31-3)24(29)18-7-9-19(10-8-18)25-27(23(28)16-33-25)15-20-5-4-12-32-20/h4-13,25H,14-16H2,1-3H3/t25-/m0/s1. The highest BCUT2D eigenvalue weighted by atomic mass is 32.2. The summed E-state index contributed by atoms with van der Waals surface area (Å²) in [6.45, 7) is 0.864. The summed E-state index contributed by atoms with van der Waals surface area (Å²) in [4.78, 5) is 28.8. The SMILES string of the molecule is COc1ccc(CN(C)C(=O)c2ccc([C@@H]3SCC(=O)N3Cc3ccco3)cc2)cc1OC. The topological polar surface area (TPSA) is 72.2 Å². The van der Waals surface area contributed by atoms with Gasteiger partial charge in [-0.05, 0) is 47.5 Å². The van der Waals surface area contributed by atoms with E-state index in [1.807, 2.05) is 59.5 Å². The highest BCUT2D eigenvalue weighted by Crippen LogP contribution is 2.39. The van der Waals surface area contributed by atoms with Crippen LogP contribution in [0.15, 0.2) is 65.3 Å². The fraction of sp³-hybridized carbons (Fsp3) is 0.280. The van der Waals surface area contributed by atoms with Crippen LogP contribution in [0, 0.1) is 0 Å². The molecule has 1 aliphatic heterocycles. The molecule has 1 saturated heterocycles. The van der Waals surface area contributed by atoms with Gasteiger partial charge in [-0.3, -0.25) is 9.59 Å². The first-order valence-corrected chi connectivity index (χ1v) is 11.5. The molecule has 2 amide bonds. The van der Waals surface area contributed by atoms with Crippen molar-refractivity contribution in [3.8, 4) is 11.5 Å². The Kier molecular flexibility index (Phi) is 6.93. The molecule has 0 aliphatic carbocycles. The molecule has 1 aliphatic rings. The molecule has 0 N–H and O–H groups in total. The number of hydrogen-bond acceptors (Lipinski definition) is 6. The van der Waals surface area contributed by atoms with Gasteiger partial charge in [0.25, 0.3) is 5.91 Å². The Morgan fingerprint density at radius 2 is 1.88 bits per heavy atom. The van der Waals surface area contributed by atoms with Gasteiger partial charge in [-0.2, -0.15) is 0 Å². The monoisotopic (exact) mass is 466 g/mol. The second kappa shape index (κ2) is 10.0. The lowest BCUT2D eigenvalue weighted by Gasteiger charge is -2.23. The molecular weight excluding hydrogens is 440 g/mol. The number of ether oxygens (including phenoxy) is 2. The fourth-order valence-electron chi connectivity index (χ4n) is 3.81. The second-order valence-electron chi connectivity index (χ2n) is 7.74. The van der Waals surface area contributed by atoms with Gasteiger partial charge in [-0.25, -0.2) is 0 Å². The molecular formula is C25H26N2O5S. The summed E-state index contributed by atoms with van der Waals surface area (Å²) in [5, 5.41) is -0.101. The molecule has 0 spiro atoms. The lowest BCUT2D eigenvalue weighted by atomic mass is 10.1. The van der Waals surface area contributed by atoms with E-state index in [0.29, 0.717) is 35.9 Å². The van der Waals surface area contributed by atoms with Gasteiger partial charge in [0.05, 0.1) is 32.8 Å². The summed E-state index contributed by atoms with van der Waals surface area (Å²) in [7, 11) is 4.95. The molecule has 8 heteroatoms. The first-order valence-electron chi connectivity index (χ1n) is 10.5. The highest BCUT2D eigenvalue weighted by Gasteiger charge is 2.33. The normalized spacial score (nSPS) is 15.5. The zero-order chi connectivity index (χ0) is 23.4. The minimum Gasteiger partial charge on any atom is -0.493 e. The van der Waals surface area contributed by atoms with Crippen LogP contribution in [0.3, 0.4) is 0 Å². The summed E-state index contributed by atoms with van der Waals surface area (Å²) in [6, 6.07) is 16.8. The van der Waals surface area contributed by atoms with Crippen molar-refractivity contribution in [2.45, 2.75) is 18.5 Å². The zero-order valence-electron chi connectivity index (χ0n) is 18.8. The van der Waals surface area contributed by atoms with Crippen LogP contribution in [0.25, 0.3) is 0 Å². The molecule has 0 bridgehead atoms. The van der Waals surface area contributed by atoms with Crippen molar-refractivity contribution in [3.63, 3.8) is 0 Å². The van der Waals surface area contributed by atoms with Gasteiger partial charge >= 0.3 is 0 Å². The Balaban J connectivity index is 1.44. The molecule has 1 fully saturated rings. The minimum absolute atomic E-state index is 0.0798. The summed E-state index contributed by atoms with van der Waals surface area (Å²) < 4.78 is 16.0. The van der Waals surface area contributed by atoms with Gasteiger partial charge in [0.2, 0.25) is 5.91 Å². The maximum absolute atomic E-state index is 13.0. The molecule has 1 aromatic heterocycles. The quantitative estimate of drug-likeness (QED) is 0.492. The maximum Gasteiger partial charge on any atom is 0.253 e. The van der Waals surface area contributed by atoms with E-state index in [0.717, 1.165) is 16.9 Å². The Bertz CT molecular complexity index is 1110. The molecule has 172 valence electrons. The van der Waals surface area contributed by atoms with Crippen molar-refractivity contribution in [2.24, 2.45) is 0 Å². The van der Waals surface area contributed by atoms with Gasteiger partial charge in [0.1, 0.15) is 11.1 Å². The first kappa shape index (κ1) is 22.8. The van der Waals surface area contributed by atoms with Crippen LogP contribution in [0.5, 0.6) is 11.5 Å². The molecule has 2 aromatic carbocycles. The number of amides is 2. The van der Waals surface area contributed by atoms with Gasteiger partial charge in [0, 0.05) is 19.2 Å². The van der Waals surface area contributed by atoms with Crippen LogP contribution < -0.4 is 9.47 Å². The van der Waals surface area contributed by atoms with Gasteiger partial charge < -0.3 is 23.7 Å². The third kappa shape index (κ3) is 5.01. The Morgan fingerprint density at radius 3 is 2.55 bits per heavy atom. The number of carbonyl (C=O) groups is 2. The van der Waals surface area contributed by atoms with E-state index < -0.39 is 0 Å². The van der Waals surface area contributed by atoms with Gasteiger partial charge in [0.15, 0.2) is 11.5 Å². The van der Waals surface area contributed by atoms with E-state index in [9.17, 15) is 9.59 Å². The summed E-state index contributed by atoms with van der Waals surface area (Å²) in [5.74, 6) is 2.45. The van der Waals surface area contributed by atoms with E-state index in [2.05, 4.69) is 0 Å². The third-order valence-electron chi connectivity index (χ3n) is 5.53. The lowest BCUT2D eigenvalue weighted by Crippen LogP contribution is -2.28. The second-order valence-corrected chi connectivity index (χ2v) is 8.81. The average Bonchev–Trinajstić information content (AvgIpc) is 3.49. The van der Waals surface area contributed by atoms with E-state index in [-0.39, 0.29) is 17.2 Å². The van der Waals surface area contributed by atoms with Crippen LogP contribution >= 0.6 is 11.8 Å². The predicted molar refractivity (Wildman–Crippen MR) is 126 cm³/mol. The number of hydrogen-bond donors (Lipinski definition) is 0. The van der Waals surface area contributed by atoms with Crippen LogP contribution in [-0.2, 0) is 17.9 Å². The Labute approximate surface area is 197 Å². The van der Waals surface area contributed by atoms with Crippen molar-refractivity contribution in [1.29, 1.82) is 0 Å². The smallest absolute Gasteiger partial charge is 0.253 e. The minimum atomic E-state index is -0.101. The largest absolute Gasteiger partial charge is 0.493 e. The van der Waals surface area contributed by atoms with Crippen molar-refractivity contribution in [1.82, 2.24) is 9.80 Å². The predicted octanol–water partition coefficient (Wildman–Crippen LogP) is 4.34.